The second-order valence-electron chi connectivity index (χ2n) is 3.93. The molecule has 1 amide bonds. The summed E-state index contributed by atoms with van der Waals surface area (Å²) in [6, 6.07) is -0.224. The number of likely N-dealkylation sites (tertiary alicyclic amines) is 1. The van der Waals surface area contributed by atoms with Gasteiger partial charge in [-0.2, -0.15) is 0 Å². The number of hydrogen-bond acceptors (Lipinski definition) is 3. The first-order valence-corrected chi connectivity index (χ1v) is 5.00. The lowest BCUT2D eigenvalue weighted by atomic mass is 10.2. The Morgan fingerprint density at radius 2 is 2.40 bits per heavy atom. The smallest absolute Gasteiger partial charge is 0.237 e. The van der Waals surface area contributed by atoms with Crippen LogP contribution in [0.25, 0.3) is 0 Å². The lowest BCUT2D eigenvalue weighted by Gasteiger charge is -2.18. The average Bonchev–Trinajstić information content (AvgIpc) is 2.53. The van der Waals surface area contributed by atoms with Crippen LogP contribution >= 0.6 is 0 Å². The summed E-state index contributed by atoms with van der Waals surface area (Å²) in [5.41, 5.74) is 0.782. The van der Waals surface area contributed by atoms with Crippen LogP contribution in [0.4, 0.5) is 0 Å². The van der Waals surface area contributed by atoms with Crippen molar-refractivity contribution in [2.24, 2.45) is 0 Å². The second kappa shape index (κ2) is 5.09. The van der Waals surface area contributed by atoms with Crippen molar-refractivity contribution in [1.29, 1.82) is 0 Å². The summed E-state index contributed by atoms with van der Waals surface area (Å²) in [5, 5.41) is 12.2. The van der Waals surface area contributed by atoms with Gasteiger partial charge < -0.3 is 10.4 Å². The number of β-amino-alcohol motifs (C(OH)–C–C–N with tert-alkyl or cyclic N) is 1. The zero-order valence-electron chi connectivity index (χ0n) is 9.07. The van der Waals surface area contributed by atoms with E-state index in [1.54, 1.807) is 6.08 Å². The molecule has 0 saturated carbocycles. The molecule has 4 heteroatoms. The molecule has 0 unspecified atom stereocenters. The molecule has 2 N–H and O–H groups in total. The molecule has 15 heavy (non-hydrogen) atoms. The SMILES string of the molecule is C=CC(=C)CNC(=O)[C@@H]1C[C@@H](O)CN1C. The van der Waals surface area contributed by atoms with Crippen LogP contribution in [0.5, 0.6) is 0 Å². The lowest BCUT2D eigenvalue weighted by molar-refractivity contribution is -0.124. The van der Waals surface area contributed by atoms with E-state index in [1.165, 1.54) is 0 Å². The molecule has 0 aromatic heterocycles. The van der Waals surface area contributed by atoms with Crippen molar-refractivity contribution in [1.82, 2.24) is 10.2 Å². The van der Waals surface area contributed by atoms with Gasteiger partial charge in [-0.15, -0.1) is 0 Å². The van der Waals surface area contributed by atoms with E-state index in [9.17, 15) is 9.90 Å². The third kappa shape index (κ3) is 3.18. The Labute approximate surface area is 90.3 Å². The minimum atomic E-state index is -0.395. The molecule has 1 fully saturated rings. The van der Waals surface area contributed by atoms with Crippen LogP contribution in [0.2, 0.25) is 0 Å². The fraction of sp³-hybridized carbons (Fsp3) is 0.545. The predicted octanol–water partition coefficient (Wildman–Crippen LogP) is -0.0902. The van der Waals surface area contributed by atoms with Gasteiger partial charge in [0, 0.05) is 13.1 Å². The standard InChI is InChI=1S/C11H18N2O2/c1-4-8(2)6-12-11(15)10-5-9(14)7-13(10)3/h4,9-10,14H,1-2,5-7H2,3H3,(H,12,15)/t9-,10+/m1/s1. The fourth-order valence-electron chi connectivity index (χ4n) is 1.67. The van der Waals surface area contributed by atoms with Crippen LogP contribution in [0.1, 0.15) is 6.42 Å². The Hall–Kier alpha value is -1.13. The molecule has 0 spiro atoms. The highest BCUT2D eigenvalue weighted by molar-refractivity contribution is 5.82. The van der Waals surface area contributed by atoms with Crippen molar-refractivity contribution in [2.75, 3.05) is 20.1 Å². The molecule has 4 nitrogen and oxygen atoms in total. The van der Waals surface area contributed by atoms with Gasteiger partial charge in [-0.1, -0.05) is 19.2 Å². The van der Waals surface area contributed by atoms with Crippen molar-refractivity contribution < 1.29 is 9.90 Å². The Bertz CT molecular complexity index is 276. The van der Waals surface area contributed by atoms with Crippen LogP contribution in [0.3, 0.4) is 0 Å². The number of nitrogens with zero attached hydrogens (tertiary/aromatic N) is 1. The summed E-state index contributed by atoms with van der Waals surface area (Å²) < 4.78 is 0. The van der Waals surface area contributed by atoms with E-state index in [1.807, 2.05) is 11.9 Å². The number of rotatable bonds is 4. The number of aliphatic hydroxyl groups excluding tert-OH is 1. The van der Waals surface area contributed by atoms with Gasteiger partial charge in [-0.25, -0.2) is 0 Å². The largest absolute Gasteiger partial charge is 0.392 e. The van der Waals surface area contributed by atoms with Crippen LogP contribution in [-0.2, 0) is 4.79 Å². The van der Waals surface area contributed by atoms with Crippen molar-refractivity contribution in [3.8, 4) is 0 Å². The van der Waals surface area contributed by atoms with Crippen LogP contribution in [-0.4, -0.2) is 48.2 Å². The Morgan fingerprint density at radius 3 is 2.87 bits per heavy atom. The maximum Gasteiger partial charge on any atom is 0.237 e. The molecule has 2 atom stereocenters. The van der Waals surface area contributed by atoms with Crippen molar-refractivity contribution in [3.63, 3.8) is 0 Å². The first-order valence-electron chi connectivity index (χ1n) is 5.00. The molecule has 1 aliphatic heterocycles. The van der Waals surface area contributed by atoms with E-state index in [0.717, 1.165) is 5.57 Å². The van der Waals surface area contributed by atoms with Gasteiger partial charge >= 0.3 is 0 Å². The average molecular weight is 210 g/mol. The number of aliphatic hydroxyl groups is 1. The van der Waals surface area contributed by atoms with Gasteiger partial charge in [-0.05, 0) is 19.0 Å². The third-order valence-corrected chi connectivity index (χ3v) is 2.61. The van der Waals surface area contributed by atoms with E-state index in [-0.39, 0.29) is 11.9 Å². The third-order valence-electron chi connectivity index (χ3n) is 2.61. The summed E-state index contributed by atoms with van der Waals surface area (Å²) in [6.45, 7) is 8.25. The summed E-state index contributed by atoms with van der Waals surface area (Å²) >= 11 is 0. The maximum atomic E-state index is 11.7. The van der Waals surface area contributed by atoms with Gasteiger partial charge in [0.25, 0.3) is 0 Å². The minimum Gasteiger partial charge on any atom is -0.392 e. The summed E-state index contributed by atoms with van der Waals surface area (Å²) in [4.78, 5) is 13.5. The summed E-state index contributed by atoms with van der Waals surface area (Å²) in [6.07, 6.45) is 1.73. The van der Waals surface area contributed by atoms with Gasteiger partial charge in [0.15, 0.2) is 0 Å². The van der Waals surface area contributed by atoms with E-state index in [0.29, 0.717) is 19.5 Å². The number of carbonyl (C=O) groups is 1. The van der Waals surface area contributed by atoms with E-state index in [2.05, 4.69) is 18.5 Å². The first kappa shape index (κ1) is 11.9. The molecule has 0 bridgehead atoms. The number of carbonyl (C=O) groups excluding carboxylic acids is 1. The molecule has 0 radical (unpaired) electrons. The van der Waals surface area contributed by atoms with Crippen molar-refractivity contribution >= 4 is 5.91 Å². The quantitative estimate of drug-likeness (QED) is 0.638. The molecule has 0 aliphatic carbocycles. The molecule has 1 heterocycles. The number of amides is 1. The van der Waals surface area contributed by atoms with E-state index in [4.69, 9.17) is 0 Å². The first-order chi connectivity index (χ1) is 7.04. The van der Waals surface area contributed by atoms with Crippen molar-refractivity contribution in [2.45, 2.75) is 18.6 Å². The topological polar surface area (TPSA) is 52.6 Å². The highest BCUT2D eigenvalue weighted by atomic mass is 16.3. The molecule has 0 aromatic carbocycles. The van der Waals surface area contributed by atoms with E-state index < -0.39 is 6.10 Å². The summed E-state index contributed by atoms with van der Waals surface area (Å²) in [5.74, 6) is -0.0583. The molecule has 1 rings (SSSR count). The Morgan fingerprint density at radius 1 is 1.73 bits per heavy atom. The fourth-order valence-corrected chi connectivity index (χ4v) is 1.67. The second-order valence-corrected chi connectivity index (χ2v) is 3.93. The number of nitrogens with one attached hydrogen (secondary N) is 1. The maximum absolute atomic E-state index is 11.7. The Balaban J connectivity index is 2.40. The predicted molar refractivity (Wildman–Crippen MR) is 59.4 cm³/mol. The monoisotopic (exact) mass is 210 g/mol. The van der Waals surface area contributed by atoms with Gasteiger partial charge in [0.1, 0.15) is 0 Å². The van der Waals surface area contributed by atoms with E-state index >= 15 is 0 Å². The number of hydrogen-bond donors (Lipinski definition) is 2. The zero-order valence-corrected chi connectivity index (χ0v) is 9.07. The van der Waals surface area contributed by atoms with Crippen LogP contribution in [0, 0.1) is 0 Å². The normalized spacial score (nSPS) is 26.3. The highest BCUT2D eigenvalue weighted by Crippen LogP contribution is 2.15. The molecule has 84 valence electrons. The van der Waals surface area contributed by atoms with Crippen LogP contribution < -0.4 is 5.32 Å². The molecule has 1 saturated heterocycles. The molecule has 1 aliphatic rings. The van der Waals surface area contributed by atoms with Gasteiger partial charge in [0.2, 0.25) is 5.91 Å². The number of likely N-dealkylation sites (N-methyl/N-ethyl adjacent to an activating group) is 1. The van der Waals surface area contributed by atoms with Crippen LogP contribution in [0.15, 0.2) is 24.8 Å². The molecular weight excluding hydrogens is 192 g/mol. The summed E-state index contributed by atoms with van der Waals surface area (Å²) in [7, 11) is 1.84. The van der Waals surface area contributed by atoms with Crippen molar-refractivity contribution in [3.05, 3.63) is 24.8 Å². The van der Waals surface area contributed by atoms with Gasteiger partial charge in [0.05, 0.1) is 12.1 Å². The molecule has 0 aromatic rings. The minimum absolute atomic E-state index is 0.0583. The Kier molecular flexibility index (Phi) is 4.05. The molecular formula is C11H18N2O2. The lowest BCUT2D eigenvalue weighted by Crippen LogP contribution is -2.41. The zero-order chi connectivity index (χ0) is 11.4. The highest BCUT2D eigenvalue weighted by Gasteiger charge is 2.32. The van der Waals surface area contributed by atoms with Gasteiger partial charge in [-0.3, -0.25) is 9.69 Å².